The number of fused-ring (bicyclic) bond motifs is 2. The van der Waals surface area contributed by atoms with Gasteiger partial charge < -0.3 is 4.74 Å². The lowest BCUT2D eigenvalue weighted by atomic mass is 9.89. The normalized spacial score (nSPS) is 26.4. The van der Waals surface area contributed by atoms with Crippen molar-refractivity contribution in [1.29, 1.82) is 0 Å². The molecule has 29 heavy (non-hydrogen) atoms. The molecule has 2 aliphatic rings. The number of carbonyl (C=O) groups is 1. The smallest absolute Gasteiger partial charge is 0.410 e. The van der Waals surface area contributed by atoms with Gasteiger partial charge in [0, 0.05) is 14.1 Å². The van der Waals surface area contributed by atoms with Gasteiger partial charge in [0.1, 0.15) is 0 Å². The van der Waals surface area contributed by atoms with Gasteiger partial charge in [-0.3, -0.25) is 4.90 Å². The molecule has 0 saturated carbocycles. The molecule has 158 valence electrons. The van der Waals surface area contributed by atoms with Crippen molar-refractivity contribution in [3.63, 3.8) is 0 Å². The summed E-state index contributed by atoms with van der Waals surface area (Å²) in [5.74, 6) is 0.481. The maximum atomic E-state index is 13.2. The van der Waals surface area contributed by atoms with Crippen molar-refractivity contribution < 1.29 is 9.53 Å². The number of carbonyl (C=O) groups excluding carboxylic acids is 1. The highest BCUT2D eigenvalue weighted by Gasteiger charge is 2.56. The highest BCUT2D eigenvalue weighted by molar-refractivity contribution is 6.91. The van der Waals surface area contributed by atoms with Crippen LogP contribution in [0, 0.1) is 5.92 Å². The molecule has 3 rings (SSSR count). The third-order valence-corrected chi connectivity index (χ3v) is 12.8. The molecule has 1 aromatic carbocycles. The molecule has 1 heterocycles. The van der Waals surface area contributed by atoms with Gasteiger partial charge in [-0.1, -0.05) is 86.5 Å². The number of nitrogens with zero attached hydrogens (tertiary/aromatic N) is 1. The van der Waals surface area contributed by atoms with Crippen molar-refractivity contribution in [2.45, 2.75) is 69.2 Å². The van der Waals surface area contributed by atoms with Gasteiger partial charge in [-0.25, -0.2) is 4.79 Å². The first kappa shape index (κ1) is 22.1. The van der Waals surface area contributed by atoms with Crippen LogP contribution >= 0.6 is 0 Å². The van der Waals surface area contributed by atoms with Crippen LogP contribution in [0.25, 0.3) is 0 Å². The zero-order valence-corrected chi connectivity index (χ0v) is 20.7. The molecule has 1 saturated heterocycles. The second-order valence-corrected chi connectivity index (χ2v) is 20.7. The Bertz CT molecular complexity index is 754. The van der Waals surface area contributed by atoms with Gasteiger partial charge in [0.05, 0.1) is 20.7 Å². The van der Waals surface area contributed by atoms with E-state index in [1.807, 2.05) is 6.08 Å². The number of allylic oxidation sites excluding steroid dienone is 1. The standard InChI is InChI=1S/C24H37NO2Si2/c1-7-12-21-20-15-11-16-22(25(21)24(26)27-17-18-28(2,3)4)23(20)29(5,6)19-13-9-8-10-14-19/h7-11,13-14,16,20-23H,1,12,15,17-18H2,2-6H3/t20-,21-,22-,23?/m1/s1. The zero-order chi connectivity index (χ0) is 21.2. The number of rotatable bonds is 7. The van der Waals surface area contributed by atoms with Crippen LogP contribution in [0.15, 0.2) is 55.1 Å². The topological polar surface area (TPSA) is 29.5 Å². The summed E-state index contributed by atoms with van der Waals surface area (Å²) in [7, 11) is -3.02. The van der Waals surface area contributed by atoms with Gasteiger partial charge in [0.25, 0.3) is 0 Å². The molecule has 1 amide bonds. The van der Waals surface area contributed by atoms with Crippen LogP contribution in [0.3, 0.4) is 0 Å². The van der Waals surface area contributed by atoms with Gasteiger partial charge in [-0.15, -0.1) is 6.58 Å². The lowest BCUT2D eigenvalue weighted by Crippen LogP contribution is -2.52. The van der Waals surface area contributed by atoms with E-state index < -0.39 is 16.1 Å². The minimum absolute atomic E-state index is 0.128. The first-order chi connectivity index (χ1) is 13.7. The third kappa shape index (κ3) is 4.61. The summed E-state index contributed by atoms with van der Waals surface area (Å²) in [6, 6.07) is 12.3. The van der Waals surface area contributed by atoms with E-state index in [0.717, 1.165) is 18.9 Å². The zero-order valence-electron chi connectivity index (χ0n) is 18.7. The Hall–Kier alpha value is -1.60. The molecule has 0 N–H and O–H groups in total. The molecule has 0 aromatic heterocycles. The van der Waals surface area contributed by atoms with Crippen molar-refractivity contribution in [2.75, 3.05) is 6.61 Å². The quantitative estimate of drug-likeness (QED) is 0.415. The molecule has 3 nitrogen and oxygen atoms in total. The molecule has 0 spiro atoms. The first-order valence-corrected chi connectivity index (χ1v) is 17.7. The summed E-state index contributed by atoms with van der Waals surface area (Å²) in [6.45, 7) is 16.4. The van der Waals surface area contributed by atoms with Crippen molar-refractivity contribution in [3.8, 4) is 0 Å². The van der Waals surface area contributed by atoms with Crippen molar-refractivity contribution in [3.05, 3.63) is 55.1 Å². The number of hydrogen-bond acceptors (Lipinski definition) is 2. The summed E-state index contributed by atoms with van der Waals surface area (Å²) in [6.07, 6.45) is 8.29. The summed E-state index contributed by atoms with van der Waals surface area (Å²) in [4.78, 5) is 15.3. The Morgan fingerprint density at radius 1 is 1.21 bits per heavy atom. The minimum Gasteiger partial charge on any atom is -0.450 e. The Labute approximate surface area is 178 Å². The van der Waals surface area contributed by atoms with Gasteiger partial charge in [-0.2, -0.15) is 0 Å². The van der Waals surface area contributed by atoms with Crippen LogP contribution < -0.4 is 5.19 Å². The highest BCUT2D eigenvalue weighted by Crippen LogP contribution is 2.51. The van der Waals surface area contributed by atoms with Crippen LogP contribution in [0.5, 0.6) is 0 Å². The molecule has 5 heteroatoms. The summed E-state index contributed by atoms with van der Waals surface area (Å²) in [5.41, 5.74) is 0.504. The van der Waals surface area contributed by atoms with Crippen LogP contribution in [-0.2, 0) is 4.74 Å². The van der Waals surface area contributed by atoms with Crippen LogP contribution in [0.1, 0.15) is 12.8 Å². The second-order valence-electron chi connectivity index (χ2n) is 10.4. The van der Waals surface area contributed by atoms with E-state index in [0.29, 0.717) is 18.1 Å². The van der Waals surface area contributed by atoms with Crippen LogP contribution in [-0.4, -0.2) is 45.8 Å². The molecule has 4 atom stereocenters. The highest BCUT2D eigenvalue weighted by atomic mass is 28.3. The summed E-state index contributed by atoms with van der Waals surface area (Å²) < 4.78 is 5.82. The largest absolute Gasteiger partial charge is 0.450 e. The summed E-state index contributed by atoms with van der Waals surface area (Å²) in [5, 5.41) is 1.47. The van der Waals surface area contributed by atoms with E-state index in [9.17, 15) is 4.79 Å². The Morgan fingerprint density at radius 2 is 1.90 bits per heavy atom. The molecule has 1 fully saturated rings. The van der Waals surface area contributed by atoms with Crippen molar-refractivity contribution >= 4 is 27.4 Å². The van der Waals surface area contributed by atoms with Crippen LogP contribution in [0.4, 0.5) is 4.79 Å². The monoisotopic (exact) mass is 427 g/mol. The minimum atomic E-state index is -1.79. The Morgan fingerprint density at radius 3 is 2.52 bits per heavy atom. The predicted molar refractivity (Wildman–Crippen MR) is 128 cm³/mol. The SMILES string of the molecule is C=CC[C@@H]1[C@H]2CC=C[C@H](C2[Si](C)(C)c2ccccc2)N1C(=O)OCC[Si](C)(C)C. The maximum absolute atomic E-state index is 13.2. The molecule has 2 bridgehead atoms. The number of amides is 1. The maximum Gasteiger partial charge on any atom is 0.410 e. The molecule has 1 aliphatic heterocycles. The first-order valence-electron chi connectivity index (χ1n) is 10.9. The van der Waals surface area contributed by atoms with E-state index in [4.69, 9.17) is 4.74 Å². The van der Waals surface area contributed by atoms with E-state index in [-0.39, 0.29) is 18.2 Å². The Balaban J connectivity index is 1.88. The molecule has 1 aromatic rings. The number of ether oxygens (including phenoxy) is 1. The summed E-state index contributed by atoms with van der Waals surface area (Å²) >= 11 is 0. The lowest BCUT2D eigenvalue weighted by molar-refractivity contribution is 0.0920. The van der Waals surface area contributed by atoms with Gasteiger partial charge in [0.2, 0.25) is 0 Å². The van der Waals surface area contributed by atoms with E-state index in [1.165, 1.54) is 5.19 Å². The number of hydrogen-bond donors (Lipinski definition) is 0. The number of likely N-dealkylation sites (tertiary alicyclic amines) is 1. The predicted octanol–water partition coefficient (Wildman–Crippen LogP) is 5.65. The van der Waals surface area contributed by atoms with E-state index in [2.05, 4.69) is 86.7 Å². The van der Waals surface area contributed by atoms with E-state index in [1.54, 1.807) is 0 Å². The Kier molecular flexibility index (Phi) is 6.59. The van der Waals surface area contributed by atoms with Crippen molar-refractivity contribution in [2.24, 2.45) is 5.92 Å². The van der Waals surface area contributed by atoms with Gasteiger partial charge in [0.15, 0.2) is 0 Å². The third-order valence-electron chi connectivity index (χ3n) is 6.79. The van der Waals surface area contributed by atoms with Gasteiger partial charge in [-0.05, 0) is 30.3 Å². The fourth-order valence-corrected chi connectivity index (χ4v) is 9.95. The average molecular weight is 428 g/mol. The van der Waals surface area contributed by atoms with Gasteiger partial charge >= 0.3 is 6.09 Å². The fraction of sp³-hybridized carbons (Fsp3) is 0.542. The van der Waals surface area contributed by atoms with Crippen molar-refractivity contribution in [1.82, 2.24) is 4.90 Å². The number of benzene rings is 1. The molecule has 1 aliphatic carbocycles. The average Bonchev–Trinajstić information content (AvgIpc) is 2.86. The molecular formula is C24H37NO2Si2. The lowest BCUT2D eigenvalue weighted by Gasteiger charge is -2.39. The second kappa shape index (κ2) is 8.64. The van der Waals surface area contributed by atoms with Crippen LogP contribution in [0.2, 0.25) is 44.3 Å². The molecule has 1 unspecified atom stereocenters. The molecular weight excluding hydrogens is 390 g/mol. The molecule has 0 radical (unpaired) electrons. The van der Waals surface area contributed by atoms with E-state index >= 15 is 0 Å². The fourth-order valence-electron chi connectivity index (χ4n) is 5.24.